The van der Waals surface area contributed by atoms with E-state index in [-0.39, 0.29) is 34.1 Å². The van der Waals surface area contributed by atoms with Gasteiger partial charge in [-0.3, -0.25) is 0 Å². The van der Waals surface area contributed by atoms with Crippen molar-refractivity contribution < 1.29 is 38.9 Å². The molecule has 0 aliphatic carbocycles. The molecule has 0 bridgehead atoms. The van der Waals surface area contributed by atoms with Crippen molar-refractivity contribution in [3.8, 4) is 0 Å². The van der Waals surface area contributed by atoms with E-state index in [2.05, 4.69) is 0 Å². The zero-order chi connectivity index (χ0) is 2.00. The topological polar surface area (TPSA) is 17.1 Å². The Morgan fingerprint density at radius 2 is 1.00 bits per heavy atom. The second-order valence-electron chi connectivity index (χ2n) is 0. The van der Waals surface area contributed by atoms with Gasteiger partial charge in [-0.1, -0.05) is 0 Å². The van der Waals surface area contributed by atoms with Gasteiger partial charge in [0.1, 0.15) is 6.79 Å². The Hall–Kier alpha value is 0.709. The van der Waals surface area contributed by atoms with Crippen LogP contribution in [-0.4, -0.2) is 6.79 Å². The quantitative estimate of drug-likeness (QED) is 0.426. The van der Waals surface area contributed by atoms with Crippen LogP contribution in [-0.2, 0) is 38.9 Å². The summed E-state index contributed by atoms with van der Waals surface area (Å²) in [7, 11) is 0. The molecule has 1 nitrogen and oxygen atoms in total. The first kappa shape index (κ1) is 22.2. The summed E-state index contributed by atoms with van der Waals surface area (Å²) < 4.78 is 0. The maximum atomic E-state index is 8.00. The Labute approximate surface area is 46.1 Å². The van der Waals surface area contributed by atoms with E-state index in [0.717, 1.165) is 0 Å². The molecule has 0 N–H and O–H groups in total. The summed E-state index contributed by atoms with van der Waals surface area (Å²) in [5, 5.41) is 0. The number of rotatable bonds is 0. The first-order chi connectivity index (χ1) is 1.00. The van der Waals surface area contributed by atoms with Crippen molar-refractivity contribution in [2.75, 3.05) is 0 Å². The molecule has 0 aromatic heterocycles. The minimum absolute atomic E-state index is 0. The molecule has 0 fully saturated rings. The SMILES string of the molecule is C=O.[Mn].[Mn]. The summed E-state index contributed by atoms with van der Waals surface area (Å²) in [4.78, 5) is 8.00. The maximum absolute atomic E-state index is 8.00. The van der Waals surface area contributed by atoms with Gasteiger partial charge in [-0.25, -0.2) is 0 Å². The van der Waals surface area contributed by atoms with Crippen LogP contribution in [0.5, 0.6) is 0 Å². The predicted molar refractivity (Wildman–Crippen MR) is 7.12 cm³/mol. The Kier molecular flexibility index (Phi) is 300. The summed E-state index contributed by atoms with van der Waals surface area (Å²) in [5.41, 5.74) is 0. The summed E-state index contributed by atoms with van der Waals surface area (Å²) in [5.74, 6) is 0. The van der Waals surface area contributed by atoms with E-state index in [1.165, 1.54) is 0 Å². The fourth-order valence-corrected chi connectivity index (χ4v) is 0. The molecule has 2 radical (unpaired) electrons. The third-order valence-electron chi connectivity index (χ3n) is 0. The molecule has 0 aromatic rings. The monoisotopic (exact) mass is 140 g/mol. The molecule has 0 atom stereocenters. The predicted octanol–water partition coefficient (Wildman–Crippen LogP) is -0.190. The average Bonchev–Trinajstić information content (AvgIpc) is 1.00. The minimum Gasteiger partial charge on any atom is -0.307 e. The molecule has 0 rings (SSSR count). The standard InChI is InChI=1S/CH2O.2Mn/c1-2;;/h1H2;;. The molecule has 0 spiro atoms. The van der Waals surface area contributed by atoms with Crippen LogP contribution in [0, 0.1) is 0 Å². The number of carbonyl (C=O) groups excluding carboxylic acids is 1. The van der Waals surface area contributed by atoms with E-state index < -0.39 is 0 Å². The van der Waals surface area contributed by atoms with E-state index in [4.69, 9.17) is 4.79 Å². The van der Waals surface area contributed by atoms with Crippen LogP contribution in [0.3, 0.4) is 0 Å². The van der Waals surface area contributed by atoms with E-state index in [1.807, 2.05) is 6.79 Å². The number of hydrogen-bond donors (Lipinski definition) is 0. The molecule has 0 saturated heterocycles. The Morgan fingerprint density at radius 1 is 1.00 bits per heavy atom. The third-order valence-corrected chi connectivity index (χ3v) is 0. The molecule has 0 aliphatic heterocycles. The molecule has 0 aliphatic rings. The van der Waals surface area contributed by atoms with Crippen molar-refractivity contribution in [1.29, 1.82) is 0 Å². The van der Waals surface area contributed by atoms with Gasteiger partial charge in [0.2, 0.25) is 0 Å². The second-order valence-corrected chi connectivity index (χ2v) is 0. The molecule has 0 aromatic carbocycles. The zero-order valence-electron chi connectivity index (χ0n) is 1.87. The van der Waals surface area contributed by atoms with Gasteiger partial charge in [-0.2, -0.15) is 0 Å². The van der Waals surface area contributed by atoms with Crippen LogP contribution < -0.4 is 0 Å². The van der Waals surface area contributed by atoms with E-state index in [1.54, 1.807) is 0 Å². The van der Waals surface area contributed by atoms with Crippen LogP contribution in [0.25, 0.3) is 0 Å². The first-order valence-electron chi connectivity index (χ1n) is 0.289. The average molecular weight is 140 g/mol. The maximum Gasteiger partial charge on any atom is 0.106 e. The molecular formula is CH2Mn2O. The fourth-order valence-electron chi connectivity index (χ4n) is 0. The van der Waals surface area contributed by atoms with E-state index in [9.17, 15) is 0 Å². The number of carbonyl (C=O) groups is 1. The van der Waals surface area contributed by atoms with Gasteiger partial charge < -0.3 is 4.79 Å². The summed E-state index contributed by atoms with van der Waals surface area (Å²) in [6, 6.07) is 0. The third kappa shape index (κ3) is 15.7. The summed E-state index contributed by atoms with van der Waals surface area (Å²) in [6.45, 7) is 2.00. The van der Waals surface area contributed by atoms with E-state index in [0.29, 0.717) is 0 Å². The summed E-state index contributed by atoms with van der Waals surface area (Å²) >= 11 is 0. The van der Waals surface area contributed by atoms with Crippen molar-refractivity contribution in [2.45, 2.75) is 0 Å². The molecule has 0 saturated carbocycles. The van der Waals surface area contributed by atoms with Crippen molar-refractivity contribution in [2.24, 2.45) is 0 Å². The van der Waals surface area contributed by atoms with Crippen molar-refractivity contribution in [3.05, 3.63) is 0 Å². The summed E-state index contributed by atoms with van der Waals surface area (Å²) in [6.07, 6.45) is 0. The van der Waals surface area contributed by atoms with Gasteiger partial charge in [0, 0.05) is 34.1 Å². The van der Waals surface area contributed by atoms with Crippen molar-refractivity contribution >= 4 is 6.79 Å². The van der Waals surface area contributed by atoms with Gasteiger partial charge in [0.15, 0.2) is 0 Å². The second kappa shape index (κ2) is 54.2. The van der Waals surface area contributed by atoms with Gasteiger partial charge in [-0.15, -0.1) is 0 Å². The first-order valence-corrected chi connectivity index (χ1v) is 0.289. The molecule has 4 heavy (non-hydrogen) atoms. The van der Waals surface area contributed by atoms with E-state index >= 15 is 0 Å². The van der Waals surface area contributed by atoms with Gasteiger partial charge >= 0.3 is 0 Å². The van der Waals surface area contributed by atoms with Crippen LogP contribution in [0.15, 0.2) is 0 Å². The van der Waals surface area contributed by atoms with Crippen molar-refractivity contribution in [1.82, 2.24) is 0 Å². The number of hydrogen-bond acceptors (Lipinski definition) is 1. The molecule has 3 heteroatoms. The van der Waals surface area contributed by atoms with Crippen LogP contribution >= 0.6 is 0 Å². The normalized spacial score (nSPS) is 1.00. The molecule has 0 unspecified atom stereocenters. The smallest absolute Gasteiger partial charge is 0.106 e. The van der Waals surface area contributed by atoms with Crippen LogP contribution in [0.1, 0.15) is 0 Å². The largest absolute Gasteiger partial charge is 0.307 e. The van der Waals surface area contributed by atoms with Gasteiger partial charge in [-0.05, 0) is 0 Å². The minimum atomic E-state index is 0. The van der Waals surface area contributed by atoms with Gasteiger partial charge in [0.05, 0.1) is 0 Å². The molecular weight excluding hydrogens is 138 g/mol. The molecule has 0 heterocycles. The Bertz CT molecular complexity index is 6.00. The molecule has 26 valence electrons. The zero-order valence-corrected chi connectivity index (χ0v) is 4.23. The fraction of sp³-hybridized carbons (Fsp3) is 0. The molecule has 0 amide bonds. The Balaban J connectivity index is -0.00000000500. The van der Waals surface area contributed by atoms with Crippen LogP contribution in [0.2, 0.25) is 0 Å². The Morgan fingerprint density at radius 3 is 1.00 bits per heavy atom. The van der Waals surface area contributed by atoms with Crippen molar-refractivity contribution in [3.63, 3.8) is 0 Å². The van der Waals surface area contributed by atoms with Crippen LogP contribution in [0.4, 0.5) is 0 Å². The van der Waals surface area contributed by atoms with Gasteiger partial charge in [0.25, 0.3) is 0 Å².